The third kappa shape index (κ3) is 1.75. The molecule has 2 fully saturated rings. The molecular formula is C10H19NO2S. The Labute approximate surface area is 88.1 Å². The minimum absolute atomic E-state index is 0.142. The second-order valence-corrected chi connectivity index (χ2v) is 6.37. The van der Waals surface area contributed by atoms with Gasteiger partial charge in [0.1, 0.15) is 0 Å². The lowest BCUT2D eigenvalue weighted by atomic mass is 9.66. The van der Waals surface area contributed by atoms with Gasteiger partial charge in [-0.05, 0) is 25.2 Å². The first-order valence-electron chi connectivity index (χ1n) is 5.29. The fraction of sp³-hybridized carbons (Fsp3) is 1.00. The highest BCUT2D eigenvalue weighted by Crippen LogP contribution is 2.45. The van der Waals surface area contributed by atoms with Gasteiger partial charge in [-0.1, -0.05) is 6.92 Å². The van der Waals surface area contributed by atoms with Crippen LogP contribution in [0.1, 0.15) is 26.2 Å². The quantitative estimate of drug-likeness (QED) is 0.704. The molecule has 0 aromatic carbocycles. The van der Waals surface area contributed by atoms with Crippen LogP contribution in [0.4, 0.5) is 0 Å². The third-order valence-electron chi connectivity index (χ3n) is 3.82. The van der Waals surface area contributed by atoms with Crippen LogP contribution in [0, 0.1) is 11.3 Å². The molecule has 1 aliphatic heterocycles. The van der Waals surface area contributed by atoms with Gasteiger partial charge in [0.25, 0.3) is 0 Å². The van der Waals surface area contributed by atoms with Crippen LogP contribution in [0.5, 0.6) is 0 Å². The second-order valence-electron chi connectivity index (χ2n) is 5.01. The number of rotatable bonds is 1. The van der Waals surface area contributed by atoms with Crippen molar-refractivity contribution in [2.24, 2.45) is 11.3 Å². The molecule has 0 radical (unpaired) electrons. The van der Waals surface area contributed by atoms with Crippen molar-refractivity contribution in [2.45, 2.75) is 32.3 Å². The van der Waals surface area contributed by atoms with Crippen LogP contribution in [0.2, 0.25) is 0 Å². The van der Waals surface area contributed by atoms with Gasteiger partial charge in [0.15, 0.2) is 0 Å². The Bertz CT molecular complexity index is 251. The summed E-state index contributed by atoms with van der Waals surface area (Å²) in [6.07, 6.45) is 4.80. The van der Waals surface area contributed by atoms with Gasteiger partial charge in [-0.15, -0.1) is 0 Å². The SMILES string of the molecule is C[C@@H]1CCC2(CC1O)CN(S(C)=O)C2. The molecule has 3 nitrogen and oxygen atoms in total. The predicted octanol–water partition coefficient (Wildman–Crippen LogP) is 0.763. The summed E-state index contributed by atoms with van der Waals surface area (Å²) < 4.78 is 13.2. The molecule has 1 N–H and O–H groups in total. The van der Waals surface area contributed by atoms with Crippen LogP contribution in [-0.4, -0.2) is 39.1 Å². The van der Waals surface area contributed by atoms with E-state index in [9.17, 15) is 9.32 Å². The summed E-state index contributed by atoms with van der Waals surface area (Å²) in [7, 11) is -0.820. The molecule has 0 bridgehead atoms. The largest absolute Gasteiger partial charge is 0.393 e. The Kier molecular flexibility index (Phi) is 2.70. The topological polar surface area (TPSA) is 40.5 Å². The molecule has 0 aromatic rings. The highest BCUT2D eigenvalue weighted by Gasteiger charge is 2.48. The van der Waals surface area contributed by atoms with Crippen molar-refractivity contribution in [3.8, 4) is 0 Å². The lowest BCUT2D eigenvalue weighted by Gasteiger charge is -2.53. The minimum Gasteiger partial charge on any atom is -0.393 e. The highest BCUT2D eigenvalue weighted by molar-refractivity contribution is 7.81. The first kappa shape index (κ1) is 10.6. The molecule has 1 aliphatic carbocycles. The first-order chi connectivity index (χ1) is 6.52. The van der Waals surface area contributed by atoms with E-state index in [4.69, 9.17) is 0 Å². The van der Waals surface area contributed by atoms with E-state index in [0.717, 1.165) is 25.9 Å². The summed E-state index contributed by atoms with van der Waals surface area (Å²) in [6.45, 7) is 3.95. The van der Waals surface area contributed by atoms with E-state index in [1.807, 2.05) is 4.31 Å². The van der Waals surface area contributed by atoms with Crippen LogP contribution < -0.4 is 0 Å². The normalized spacial score (nSPS) is 39.4. The van der Waals surface area contributed by atoms with Gasteiger partial charge in [-0.25, -0.2) is 8.51 Å². The van der Waals surface area contributed by atoms with Crippen molar-refractivity contribution < 1.29 is 9.32 Å². The van der Waals surface area contributed by atoms with Crippen molar-refractivity contribution in [3.05, 3.63) is 0 Å². The molecule has 1 spiro atoms. The predicted molar refractivity (Wildman–Crippen MR) is 57.1 cm³/mol. The fourth-order valence-corrected chi connectivity index (χ4v) is 3.56. The van der Waals surface area contributed by atoms with E-state index in [1.54, 1.807) is 6.26 Å². The Morgan fingerprint density at radius 1 is 1.50 bits per heavy atom. The smallest absolute Gasteiger partial charge is 0.0911 e. The lowest BCUT2D eigenvalue weighted by molar-refractivity contribution is -0.0496. The maximum Gasteiger partial charge on any atom is 0.0911 e. The average molecular weight is 217 g/mol. The van der Waals surface area contributed by atoms with E-state index >= 15 is 0 Å². The maximum absolute atomic E-state index is 11.2. The van der Waals surface area contributed by atoms with Gasteiger partial charge >= 0.3 is 0 Å². The van der Waals surface area contributed by atoms with Crippen molar-refractivity contribution in [2.75, 3.05) is 19.3 Å². The number of hydrogen-bond acceptors (Lipinski definition) is 2. The van der Waals surface area contributed by atoms with E-state index in [2.05, 4.69) is 6.92 Å². The van der Waals surface area contributed by atoms with E-state index < -0.39 is 11.0 Å². The van der Waals surface area contributed by atoms with Gasteiger partial charge < -0.3 is 5.11 Å². The molecule has 2 unspecified atom stereocenters. The second kappa shape index (κ2) is 3.58. The molecule has 1 saturated heterocycles. The van der Waals surface area contributed by atoms with E-state index in [0.29, 0.717) is 5.92 Å². The Morgan fingerprint density at radius 3 is 2.64 bits per heavy atom. The molecule has 1 saturated carbocycles. The molecule has 4 heteroatoms. The summed E-state index contributed by atoms with van der Waals surface area (Å²) in [5, 5.41) is 9.81. The molecule has 2 rings (SSSR count). The van der Waals surface area contributed by atoms with Gasteiger partial charge in [0.05, 0.1) is 17.1 Å². The van der Waals surface area contributed by atoms with Crippen LogP contribution in [-0.2, 0) is 11.0 Å². The lowest BCUT2D eigenvalue weighted by Crippen LogP contribution is -2.59. The van der Waals surface area contributed by atoms with Crippen LogP contribution in [0.15, 0.2) is 0 Å². The third-order valence-corrected chi connectivity index (χ3v) is 4.80. The highest BCUT2D eigenvalue weighted by atomic mass is 32.2. The first-order valence-corrected chi connectivity index (χ1v) is 6.80. The molecule has 0 amide bonds. The van der Waals surface area contributed by atoms with Crippen molar-refractivity contribution in [1.29, 1.82) is 0 Å². The zero-order valence-electron chi connectivity index (χ0n) is 8.90. The zero-order chi connectivity index (χ0) is 10.3. The molecule has 3 atom stereocenters. The zero-order valence-corrected chi connectivity index (χ0v) is 9.72. The van der Waals surface area contributed by atoms with Crippen molar-refractivity contribution in [3.63, 3.8) is 0 Å². The Hall–Kier alpha value is 0.0700. The molecule has 0 aromatic heterocycles. The average Bonchev–Trinajstić information content (AvgIpc) is 2.05. The fourth-order valence-electron chi connectivity index (χ4n) is 2.64. The Morgan fingerprint density at radius 2 is 2.14 bits per heavy atom. The number of aliphatic hydroxyl groups is 1. The Balaban J connectivity index is 1.92. The standard InChI is InChI=1S/C10H19NO2S/c1-8-3-4-10(5-9(8)12)6-11(7-10)14(2)13/h8-9,12H,3-7H2,1-2H3/t8-,9?,14?/m1/s1. The molecular weight excluding hydrogens is 198 g/mol. The number of nitrogens with zero attached hydrogens (tertiary/aromatic N) is 1. The number of aliphatic hydroxyl groups excluding tert-OH is 1. The van der Waals surface area contributed by atoms with Gasteiger partial charge in [0, 0.05) is 24.8 Å². The van der Waals surface area contributed by atoms with Crippen LogP contribution in [0.3, 0.4) is 0 Å². The van der Waals surface area contributed by atoms with Crippen LogP contribution >= 0.6 is 0 Å². The van der Waals surface area contributed by atoms with Gasteiger partial charge in [-0.3, -0.25) is 0 Å². The van der Waals surface area contributed by atoms with Crippen molar-refractivity contribution in [1.82, 2.24) is 4.31 Å². The van der Waals surface area contributed by atoms with Crippen LogP contribution in [0.25, 0.3) is 0 Å². The summed E-state index contributed by atoms with van der Waals surface area (Å²) in [4.78, 5) is 0. The van der Waals surface area contributed by atoms with Gasteiger partial charge in [0.2, 0.25) is 0 Å². The summed E-state index contributed by atoms with van der Waals surface area (Å²) in [5.74, 6) is 0.446. The number of hydrogen-bond donors (Lipinski definition) is 1. The van der Waals surface area contributed by atoms with Crippen molar-refractivity contribution >= 4 is 11.0 Å². The molecule has 2 aliphatic rings. The van der Waals surface area contributed by atoms with Gasteiger partial charge in [-0.2, -0.15) is 0 Å². The molecule has 82 valence electrons. The molecule has 1 heterocycles. The monoisotopic (exact) mass is 217 g/mol. The molecule has 14 heavy (non-hydrogen) atoms. The summed E-state index contributed by atoms with van der Waals surface area (Å²) in [5.41, 5.74) is 0.289. The summed E-state index contributed by atoms with van der Waals surface area (Å²) in [6, 6.07) is 0. The van der Waals surface area contributed by atoms with E-state index in [1.165, 1.54) is 6.42 Å². The van der Waals surface area contributed by atoms with E-state index in [-0.39, 0.29) is 11.5 Å². The maximum atomic E-state index is 11.2. The minimum atomic E-state index is -0.820. The summed E-state index contributed by atoms with van der Waals surface area (Å²) >= 11 is 0.